The lowest BCUT2D eigenvalue weighted by Gasteiger charge is -2.06. The third-order valence-corrected chi connectivity index (χ3v) is 2.51. The van der Waals surface area contributed by atoms with Gasteiger partial charge in [-0.25, -0.2) is 0 Å². The maximum absolute atomic E-state index is 9.51. The van der Waals surface area contributed by atoms with E-state index in [1.807, 2.05) is 24.6 Å². The fraction of sp³-hybridized carbons (Fsp3) is 0.556. The first-order chi connectivity index (χ1) is 6.34. The van der Waals surface area contributed by atoms with Crippen LogP contribution in [-0.2, 0) is 0 Å². The number of aliphatic hydroxyl groups excluding tert-OH is 1. The minimum Gasteiger partial charge on any atom is -0.388 e. The lowest BCUT2D eigenvalue weighted by molar-refractivity contribution is 0.171. The first kappa shape index (κ1) is 12.6. The molecule has 0 aliphatic carbocycles. The van der Waals surface area contributed by atoms with Crippen LogP contribution in [0.15, 0.2) is 17.5 Å². The minimum absolute atomic E-state index is 0.289. The molecule has 0 aromatic carbocycles. The van der Waals surface area contributed by atoms with Crippen molar-refractivity contribution in [1.82, 2.24) is 5.32 Å². The van der Waals surface area contributed by atoms with Crippen LogP contribution >= 0.6 is 11.3 Å². The van der Waals surface area contributed by atoms with Crippen LogP contribution in [0.5, 0.6) is 0 Å². The third-order valence-electron chi connectivity index (χ3n) is 1.54. The lowest BCUT2D eigenvalue weighted by atomic mass is 10.2. The van der Waals surface area contributed by atoms with Gasteiger partial charge in [0.1, 0.15) is 0 Å². The van der Waals surface area contributed by atoms with E-state index in [1.54, 1.807) is 11.3 Å². The molecule has 76 valence electrons. The van der Waals surface area contributed by atoms with Crippen LogP contribution < -0.4 is 11.1 Å². The van der Waals surface area contributed by atoms with E-state index >= 15 is 0 Å². The van der Waals surface area contributed by atoms with Crippen LogP contribution in [0, 0.1) is 0 Å². The van der Waals surface area contributed by atoms with Gasteiger partial charge in [0.2, 0.25) is 0 Å². The Bertz CT molecular complexity index is 190. The largest absolute Gasteiger partial charge is 0.388 e. The molecule has 4 N–H and O–H groups in total. The summed E-state index contributed by atoms with van der Waals surface area (Å²) in [5.74, 6) is 0. The fourth-order valence-electron chi connectivity index (χ4n) is 0.904. The zero-order chi connectivity index (χ0) is 10.1. The zero-order valence-corrected chi connectivity index (χ0v) is 8.97. The molecule has 1 atom stereocenters. The molecule has 13 heavy (non-hydrogen) atoms. The number of hydrogen-bond donors (Lipinski definition) is 3. The second-order valence-electron chi connectivity index (χ2n) is 2.42. The van der Waals surface area contributed by atoms with Crippen molar-refractivity contribution >= 4 is 11.3 Å². The van der Waals surface area contributed by atoms with E-state index in [-0.39, 0.29) is 6.10 Å². The van der Waals surface area contributed by atoms with Gasteiger partial charge in [0.15, 0.2) is 0 Å². The molecule has 0 spiro atoms. The van der Waals surface area contributed by atoms with E-state index in [0.717, 1.165) is 17.8 Å². The Morgan fingerprint density at radius 2 is 2.31 bits per heavy atom. The molecule has 0 aliphatic heterocycles. The molecular weight excluding hydrogens is 184 g/mol. The molecule has 3 nitrogen and oxygen atoms in total. The maximum atomic E-state index is 9.51. The van der Waals surface area contributed by atoms with E-state index in [2.05, 4.69) is 11.1 Å². The van der Waals surface area contributed by atoms with Gasteiger partial charge in [0.25, 0.3) is 0 Å². The summed E-state index contributed by atoms with van der Waals surface area (Å²) in [6.07, 6.45) is 0.499. The Balaban J connectivity index is 0.000000671. The Morgan fingerprint density at radius 3 is 2.77 bits per heavy atom. The first-order valence-electron chi connectivity index (χ1n) is 4.28. The van der Waals surface area contributed by atoms with E-state index < -0.39 is 0 Å². The third kappa shape index (κ3) is 5.00. The van der Waals surface area contributed by atoms with Crippen LogP contribution in [0.3, 0.4) is 0 Å². The first-order valence-corrected chi connectivity index (χ1v) is 5.16. The second-order valence-corrected chi connectivity index (χ2v) is 3.40. The summed E-state index contributed by atoms with van der Waals surface area (Å²) >= 11 is 1.60. The molecule has 0 amide bonds. The van der Waals surface area contributed by atoms with Gasteiger partial charge in [-0.3, -0.25) is 0 Å². The molecule has 0 radical (unpaired) electrons. The average molecular weight is 202 g/mol. The Hall–Kier alpha value is -0.420. The monoisotopic (exact) mass is 202 g/mol. The number of aliphatic hydroxyl groups is 1. The molecule has 1 heterocycles. The highest BCUT2D eigenvalue weighted by atomic mass is 32.1. The normalized spacial score (nSPS) is 11.7. The molecule has 1 aromatic heterocycles. The predicted octanol–water partition coefficient (Wildman–Crippen LogP) is 0.966. The molecule has 1 aromatic rings. The molecular formula is C9H18N2OS. The Kier molecular flexibility index (Phi) is 7.93. The molecule has 0 saturated heterocycles. The van der Waals surface area contributed by atoms with Gasteiger partial charge in [-0.15, -0.1) is 11.3 Å². The van der Waals surface area contributed by atoms with Gasteiger partial charge in [-0.05, 0) is 38.5 Å². The zero-order valence-electron chi connectivity index (χ0n) is 8.16. The summed E-state index contributed by atoms with van der Waals surface area (Å²) in [5.41, 5.74) is 4.50. The predicted molar refractivity (Wildman–Crippen MR) is 57.9 cm³/mol. The Morgan fingerprint density at radius 1 is 1.62 bits per heavy atom. The number of hydrogen-bond acceptors (Lipinski definition) is 4. The summed E-state index contributed by atoms with van der Waals surface area (Å²) in [5, 5.41) is 14.5. The van der Waals surface area contributed by atoms with Crippen molar-refractivity contribution in [1.29, 1.82) is 0 Å². The molecule has 1 unspecified atom stereocenters. The van der Waals surface area contributed by atoms with Gasteiger partial charge in [-0.2, -0.15) is 0 Å². The summed E-state index contributed by atoms with van der Waals surface area (Å²) in [6.45, 7) is 0.860. The van der Waals surface area contributed by atoms with E-state index in [0.29, 0.717) is 0 Å². The topological polar surface area (TPSA) is 58.3 Å². The summed E-state index contributed by atoms with van der Waals surface area (Å²) < 4.78 is 0. The van der Waals surface area contributed by atoms with Gasteiger partial charge in [0.05, 0.1) is 6.10 Å². The summed E-state index contributed by atoms with van der Waals surface area (Å²) in [4.78, 5) is 1.06. The van der Waals surface area contributed by atoms with Gasteiger partial charge in [0, 0.05) is 4.88 Å². The SMILES string of the molecule is CN.CNCCC(O)c1cccs1. The standard InChI is InChI=1S/C8H13NOS.CH5N/c1-9-5-4-7(10)8-3-2-6-11-8;1-2/h2-3,6-7,9-10H,4-5H2,1H3;2H2,1H3. The van der Waals surface area contributed by atoms with Crippen molar-refractivity contribution in [2.75, 3.05) is 20.6 Å². The molecule has 0 aliphatic rings. The second kappa shape index (κ2) is 8.19. The van der Waals surface area contributed by atoms with Crippen molar-refractivity contribution in [3.05, 3.63) is 22.4 Å². The van der Waals surface area contributed by atoms with E-state index in [9.17, 15) is 5.11 Å². The van der Waals surface area contributed by atoms with E-state index in [1.165, 1.54) is 7.05 Å². The molecule has 0 fully saturated rings. The van der Waals surface area contributed by atoms with Gasteiger partial charge in [-0.1, -0.05) is 6.07 Å². The highest BCUT2D eigenvalue weighted by Gasteiger charge is 2.06. The average Bonchev–Trinajstić information content (AvgIpc) is 2.70. The Labute approximate surface area is 83.6 Å². The van der Waals surface area contributed by atoms with Crippen LogP contribution in [0.1, 0.15) is 17.4 Å². The van der Waals surface area contributed by atoms with Crippen LogP contribution in [-0.4, -0.2) is 25.7 Å². The fourth-order valence-corrected chi connectivity index (χ4v) is 1.65. The molecule has 0 saturated carbocycles. The minimum atomic E-state index is -0.289. The van der Waals surface area contributed by atoms with Crippen LogP contribution in [0.2, 0.25) is 0 Å². The lowest BCUT2D eigenvalue weighted by Crippen LogP contribution is -2.11. The van der Waals surface area contributed by atoms with Gasteiger partial charge < -0.3 is 16.2 Å². The van der Waals surface area contributed by atoms with Crippen LogP contribution in [0.25, 0.3) is 0 Å². The highest BCUT2D eigenvalue weighted by molar-refractivity contribution is 7.10. The van der Waals surface area contributed by atoms with Crippen LogP contribution in [0.4, 0.5) is 0 Å². The highest BCUT2D eigenvalue weighted by Crippen LogP contribution is 2.20. The van der Waals surface area contributed by atoms with Crippen molar-refractivity contribution in [3.63, 3.8) is 0 Å². The summed E-state index contributed by atoms with van der Waals surface area (Å²) in [7, 11) is 3.39. The molecule has 1 rings (SSSR count). The molecule has 4 heteroatoms. The maximum Gasteiger partial charge on any atom is 0.0894 e. The van der Waals surface area contributed by atoms with Crippen molar-refractivity contribution in [2.45, 2.75) is 12.5 Å². The quantitative estimate of drug-likeness (QED) is 0.682. The van der Waals surface area contributed by atoms with Crippen molar-refractivity contribution < 1.29 is 5.11 Å². The number of nitrogens with one attached hydrogen (secondary N) is 1. The van der Waals surface area contributed by atoms with Gasteiger partial charge >= 0.3 is 0 Å². The summed E-state index contributed by atoms with van der Waals surface area (Å²) in [6, 6.07) is 3.92. The number of rotatable bonds is 4. The number of thiophene rings is 1. The number of nitrogens with two attached hydrogens (primary N) is 1. The van der Waals surface area contributed by atoms with Crippen molar-refractivity contribution in [3.8, 4) is 0 Å². The van der Waals surface area contributed by atoms with E-state index in [4.69, 9.17) is 0 Å². The smallest absolute Gasteiger partial charge is 0.0894 e. The molecule has 0 bridgehead atoms. The van der Waals surface area contributed by atoms with Crippen molar-refractivity contribution in [2.24, 2.45) is 5.73 Å².